The summed E-state index contributed by atoms with van der Waals surface area (Å²) < 4.78 is 26.0. The van der Waals surface area contributed by atoms with Crippen LogP contribution in [0.2, 0.25) is 0 Å². The maximum atomic E-state index is 12.6. The van der Waals surface area contributed by atoms with Crippen molar-refractivity contribution in [3.63, 3.8) is 0 Å². The van der Waals surface area contributed by atoms with Gasteiger partial charge in [-0.2, -0.15) is 11.8 Å². The van der Waals surface area contributed by atoms with Gasteiger partial charge in [0.15, 0.2) is 0 Å². The second-order valence-electron chi connectivity index (χ2n) is 7.27. The quantitative estimate of drug-likeness (QED) is 0.610. The standard InChI is InChI=1S/C22H30N2O3S2/c1-16-10-11-21(14-18(16)3)24(29(5,26)27)19(4)22(25)23-12-13-28-15-20-9-7-6-8-17(20)2/h6-11,14,19H,12-13,15H2,1-5H3,(H,23,25). The topological polar surface area (TPSA) is 66.5 Å². The maximum absolute atomic E-state index is 12.6. The van der Waals surface area contributed by atoms with E-state index in [9.17, 15) is 13.2 Å². The average molecular weight is 435 g/mol. The highest BCUT2D eigenvalue weighted by Gasteiger charge is 2.29. The van der Waals surface area contributed by atoms with Crippen molar-refractivity contribution in [1.82, 2.24) is 5.32 Å². The number of carbonyl (C=O) groups excluding carboxylic acids is 1. The number of nitrogens with one attached hydrogen (secondary N) is 1. The van der Waals surface area contributed by atoms with Gasteiger partial charge in [0.2, 0.25) is 15.9 Å². The minimum absolute atomic E-state index is 0.301. The van der Waals surface area contributed by atoms with Crippen LogP contribution in [0.1, 0.15) is 29.2 Å². The Hall–Kier alpha value is -1.99. The number of nitrogens with zero attached hydrogens (tertiary/aromatic N) is 1. The molecule has 1 unspecified atom stereocenters. The lowest BCUT2D eigenvalue weighted by Gasteiger charge is -2.28. The fourth-order valence-corrected chi connectivity index (χ4v) is 5.12. The number of hydrogen-bond donors (Lipinski definition) is 1. The van der Waals surface area contributed by atoms with Gasteiger partial charge >= 0.3 is 0 Å². The van der Waals surface area contributed by atoms with Crippen molar-refractivity contribution in [1.29, 1.82) is 0 Å². The Kier molecular flexibility index (Phi) is 8.16. The lowest BCUT2D eigenvalue weighted by atomic mass is 10.1. The van der Waals surface area contributed by atoms with Crippen molar-refractivity contribution in [2.24, 2.45) is 0 Å². The van der Waals surface area contributed by atoms with Gasteiger partial charge in [-0.25, -0.2) is 8.42 Å². The van der Waals surface area contributed by atoms with Crippen molar-refractivity contribution in [2.75, 3.05) is 22.9 Å². The van der Waals surface area contributed by atoms with E-state index >= 15 is 0 Å². The molecule has 0 fully saturated rings. The van der Waals surface area contributed by atoms with Crippen molar-refractivity contribution >= 4 is 33.4 Å². The first-order valence-corrected chi connectivity index (χ1v) is 12.6. The van der Waals surface area contributed by atoms with Gasteiger partial charge in [0.05, 0.1) is 11.9 Å². The summed E-state index contributed by atoms with van der Waals surface area (Å²) in [6, 6.07) is 12.8. The van der Waals surface area contributed by atoms with Crippen LogP contribution in [-0.4, -0.2) is 38.9 Å². The number of sulfonamides is 1. The van der Waals surface area contributed by atoms with Crippen LogP contribution in [0.3, 0.4) is 0 Å². The van der Waals surface area contributed by atoms with Crippen molar-refractivity contribution < 1.29 is 13.2 Å². The fourth-order valence-electron chi connectivity index (χ4n) is 3.02. The molecule has 0 heterocycles. The zero-order chi connectivity index (χ0) is 21.6. The average Bonchev–Trinajstić information content (AvgIpc) is 2.64. The van der Waals surface area contributed by atoms with Crippen LogP contribution in [0.5, 0.6) is 0 Å². The van der Waals surface area contributed by atoms with E-state index in [4.69, 9.17) is 0 Å². The van der Waals surface area contributed by atoms with Crippen molar-refractivity contribution in [2.45, 2.75) is 39.5 Å². The number of rotatable bonds is 9. The molecule has 0 aromatic heterocycles. The highest BCUT2D eigenvalue weighted by Crippen LogP contribution is 2.23. The van der Waals surface area contributed by atoms with Crippen molar-refractivity contribution in [3.05, 3.63) is 64.7 Å². The second-order valence-corrected chi connectivity index (χ2v) is 10.2. The highest BCUT2D eigenvalue weighted by molar-refractivity contribution is 7.98. The van der Waals surface area contributed by atoms with Crippen LogP contribution >= 0.6 is 11.8 Å². The molecule has 0 spiro atoms. The molecule has 0 aliphatic heterocycles. The molecule has 0 saturated carbocycles. The maximum Gasteiger partial charge on any atom is 0.243 e. The number of benzene rings is 2. The van der Waals surface area contributed by atoms with Gasteiger partial charge in [0, 0.05) is 18.1 Å². The molecule has 2 aromatic rings. The number of carbonyl (C=O) groups is 1. The van der Waals surface area contributed by atoms with Crippen LogP contribution in [0.4, 0.5) is 5.69 Å². The van der Waals surface area contributed by atoms with E-state index in [1.807, 2.05) is 32.0 Å². The third-order valence-corrected chi connectivity index (χ3v) is 7.15. The lowest BCUT2D eigenvalue weighted by Crippen LogP contribution is -2.48. The summed E-state index contributed by atoms with van der Waals surface area (Å²) in [5.41, 5.74) is 5.11. The molecule has 0 bridgehead atoms. The molecule has 29 heavy (non-hydrogen) atoms. The first kappa shape index (κ1) is 23.3. The smallest absolute Gasteiger partial charge is 0.243 e. The molecular weight excluding hydrogens is 404 g/mol. The lowest BCUT2D eigenvalue weighted by molar-refractivity contribution is -0.121. The summed E-state index contributed by atoms with van der Waals surface area (Å²) in [4.78, 5) is 12.6. The summed E-state index contributed by atoms with van der Waals surface area (Å²) in [5.74, 6) is 1.34. The van der Waals surface area contributed by atoms with Gasteiger partial charge < -0.3 is 5.32 Å². The molecule has 0 aliphatic rings. The minimum atomic E-state index is -3.60. The monoisotopic (exact) mass is 434 g/mol. The molecule has 0 saturated heterocycles. The number of hydrogen-bond acceptors (Lipinski definition) is 4. The summed E-state index contributed by atoms with van der Waals surface area (Å²) in [6.45, 7) is 8.09. The van der Waals surface area contributed by atoms with Crippen LogP contribution in [0, 0.1) is 20.8 Å². The Morgan fingerprint density at radius 3 is 2.38 bits per heavy atom. The summed E-state index contributed by atoms with van der Waals surface area (Å²) in [5, 5.41) is 2.87. The van der Waals surface area contributed by atoms with Gasteiger partial charge in [-0.05, 0) is 62.1 Å². The van der Waals surface area contributed by atoms with Crippen LogP contribution in [-0.2, 0) is 20.6 Å². The van der Waals surface area contributed by atoms with E-state index in [2.05, 4.69) is 24.4 Å². The molecule has 1 N–H and O–H groups in total. The van der Waals surface area contributed by atoms with Crippen LogP contribution < -0.4 is 9.62 Å². The number of amides is 1. The first-order chi connectivity index (χ1) is 13.6. The van der Waals surface area contributed by atoms with Crippen LogP contribution in [0.15, 0.2) is 42.5 Å². The SMILES string of the molecule is Cc1ccc(N(C(C)C(=O)NCCSCc2ccccc2C)S(C)(=O)=O)cc1C. The Morgan fingerprint density at radius 1 is 1.07 bits per heavy atom. The zero-order valence-corrected chi connectivity index (χ0v) is 19.4. The van der Waals surface area contributed by atoms with Gasteiger partial charge in [-0.3, -0.25) is 9.10 Å². The third kappa shape index (κ3) is 6.51. The Bertz CT molecular complexity index is 958. The van der Waals surface area contributed by atoms with E-state index in [0.717, 1.165) is 28.9 Å². The van der Waals surface area contributed by atoms with Gasteiger partial charge in [0.1, 0.15) is 6.04 Å². The molecule has 7 heteroatoms. The van der Waals surface area contributed by atoms with Crippen LogP contribution in [0.25, 0.3) is 0 Å². The van der Waals surface area contributed by atoms with E-state index in [1.165, 1.54) is 15.4 Å². The van der Waals surface area contributed by atoms with E-state index < -0.39 is 16.1 Å². The van der Waals surface area contributed by atoms with E-state index in [-0.39, 0.29) is 5.91 Å². The molecule has 0 aliphatic carbocycles. The Balaban J connectivity index is 1.95. The van der Waals surface area contributed by atoms with E-state index in [0.29, 0.717) is 12.2 Å². The van der Waals surface area contributed by atoms with Gasteiger partial charge in [-0.1, -0.05) is 30.3 Å². The summed E-state index contributed by atoms with van der Waals surface area (Å²) in [7, 11) is -3.60. The molecule has 0 radical (unpaired) electrons. The number of anilines is 1. The predicted octanol–water partition coefficient (Wildman–Crippen LogP) is 3.82. The van der Waals surface area contributed by atoms with Gasteiger partial charge in [-0.15, -0.1) is 0 Å². The largest absolute Gasteiger partial charge is 0.353 e. The Labute approximate surface area is 178 Å². The number of thioether (sulfide) groups is 1. The molecule has 5 nitrogen and oxygen atoms in total. The minimum Gasteiger partial charge on any atom is -0.353 e. The van der Waals surface area contributed by atoms with Crippen molar-refractivity contribution in [3.8, 4) is 0 Å². The third-order valence-electron chi connectivity index (χ3n) is 4.90. The molecule has 2 aromatic carbocycles. The normalized spacial score (nSPS) is 12.4. The summed E-state index contributed by atoms with van der Waals surface area (Å²) >= 11 is 1.74. The predicted molar refractivity (Wildman–Crippen MR) is 123 cm³/mol. The Morgan fingerprint density at radius 2 is 1.76 bits per heavy atom. The first-order valence-electron chi connectivity index (χ1n) is 9.58. The molecule has 1 amide bonds. The molecule has 158 valence electrons. The zero-order valence-electron chi connectivity index (χ0n) is 17.7. The molecular formula is C22H30N2O3S2. The summed E-state index contributed by atoms with van der Waals surface area (Å²) in [6.07, 6.45) is 1.13. The van der Waals surface area contributed by atoms with Gasteiger partial charge in [0.25, 0.3) is 0 Å². The molecule has 1 atom stereocenters. The highest BCUT2D eigenvalue weighted by atomic mass is 32.2. The number of aryl methyl sites for hydroxylation is 3. The molecule has 2 rings (SSSR count). The van der Waals surface area contributed by atoms with E-state index in [1.54, 1.807) is 30.8 Å². The fraction of sp³-hybridized carbons (Fsp3) is 0.409. The second kappa shape index (κ2) is 10.2.